The minimum atomic E-state index is -4.64. The first-order valence-electron chi connectivity index (χ1n) is 5.14. The van der Waals surface area contributed by atoms with Gasteiger partial charge in [0.1, 0.15) is 0 Å². The van der Waals surface area contributed by atoms with Crippen molar-refractivity contribution in [2.75, 3.05) is 18.9 Å². The summed E-state index contributed by atoms with van der Waals surface area (Å²) >= 11 is 0. The van der Waals surface area contributed by atoms with Crippen LogP contribution in [0.5, 0.6) is 0 Å². The van der Waals surface area contributed by atoms with Crippen molar-refractivity contribution in [1.82, 2.24) is 5.32 Å². The largest absolute Gasteiger partial charge is 0.478 e. The number of amides is 1. The van der Waals surface area contributed by atoms with Gasteiger partial charge in [0.05, 0.1) is 23.4 Å². The van der Waals surface area contributed by atoms with Crippen molar-refractivity contribution in [1.29, 1.82) is 0 Å². The number of carboxylic acids is 1. The Bertz CT molecular complexity index is 500. The quantitative estimate of drug-likeness (QED) is 0.780. The highest BCUT2D eigenvalue weighted by Gasteiger charge is 2.31. The van der Waals surface area contributed by atoms with Crippen molar-refractivity contribution >= 4 is 17.6 Å². The number of hydrogen-bond acceptors (Lipinski definition) is 3. The topological polar surface area (TPSA) is 78.4 Å². The van der Waals surface area contributed by atoms with Crippen LogP contribution in [0.4, 0.5) is 18.9 Å². The lowest BCUT2D eigenvalue weighted by atomic mass is 10.1. The summed E-state index contributed by atoms with van der Waals surface area (Å²) in [5.41, 5.74) is -1.88. The average Bonchev–Trinajstić information content (AvgIpc) is 2.27. The lowest BCUT2D eigenvalue weighted by Crippen LogP contribution is -2.26. The predicted molar refractivity (Wildman–Crippen MR) is 61.0 cm³/mol. The number of halogens is 3. The van der Waals surface area contributed by atoms with E-state index < -0.39 is 29.2 Å². The van der Waals surface area contributed by atoms with Crippen LogP contribution in [0.1, 0.15) is 15.9 Å². The van der Waals surface area contributed by atoms with Crippen molar-refractivity contribution in [3.05, 3.63) is 29.3 Å². The zero-order valence-corrected chi connectivity index (χ0v) is 9.84. The third-order valence-electron chi connectivity index (χ3n) is 2.19. The minimum absolute atomic E-state index is 0.0833. The Morgan fingerprint density at radius 2 is 1.95 bits per heavy atom. The molecule has 0 aliphatic carbocycles. The second-order valence-electron chi connectivity index (χ2n) is 3.64. The number of aromatic carboxylic acids is 1. The van der Waals surface area contributed by atoms with Gasteiger partial charge < -0.3 is 15.7 Å². The number of carbonyl (C=O) groups is 2. The summed E-state index contributed by atoms with van der Waals surface area (Å²) in [6.07, 6.45) is -4.64. The smallest absolute Gasteiger partial charge is 0.416 e. The Labute approximate surface area is 106 Å². The van der Waals surface area contributed by atoms with Crippen LogP contribution in [0.25, 0.3) is 0 Å². The van der Waals surface area contributed by atoms with E-state index in [1.54, 1.807) is 0 Å². The maximum absolute atomic E-state index is 12.5. The molecule has 0 aliphatic heterocycles. The van der Waals surface area contributed by atoms with Crippen molar-refractivity contribution in [2.24, 2.45) is 0 Å². The zero-order valence-electron chi connectivity index (χ0n) is 9.84. The van der Waals surface area contributed by atoms with Crippen LogP contribution >= 0.6 is 0 Å². The van der Waals surface area contributed by atoms with Crippen LogP contribution in [0.2, 0.25) is 0 Å². The van der Waals surface area contributed by atoms with Gasteiger partial charge >= 0.3 is 12.1 Å². The van der Waals surface area contributed by atoms with Gasteiger partial charge in [0.15, 0.2) is 0 Å². The number of hydrogen-bond donors (Lipinski definition) is 3. The number of nitrogens with one attached hydrogen (secondary N) is 2. The SMILES string of the molecule is CNCC(=O)Nc1ccc(C(F)(F)F)cc1C(=O)O. The predicted octanol–water partition coefficient (Wildman–Crippen LogP) is 1.56. The molecule has 0 heterocycles. The monoisotopic (exact) mass is 276 g/mol. The first-order valence-corrected chi connectivity index (χ1v) is 5.14. The maximum Gasteiger partial charge on any atom is 0.416 e. The molecule has 1 aromatic carbocycles. The van der Waals surface area contributed by atoms with Gasteiger partial charge in [0.25, 0.3) is 0 Å². The first-order chi connectivity index (χ1) is 8.75. The van der Waals surface area contributed by atoms with Crippen molar-refractivity contribution in [3.63, 3.8) is 0 Å². The molecule has 1 aromatic rings. The molecule has 0 unspecified atom stereocenters. The Hall–Kier alpha value is -2.09. The summed E-state index contributed by atoms with van der Waals surface area (Å²) < 4.78 is 37.4. The van der Waals surface area contributed by atoms with Gasteiger partial charge in [-0.15, -0.1) is 0 Å². The summed E-state index contributed by atoms with van der Waals surface area (Å²) in [6.45, 7) is -0.0833. The van der Waals surface area contributed by atoms with Gasteiger partial charge in [0, 0.05) is 0 Å². The van der Waals surface area contributed by atoms with E-state index in [9.17, 15) is 22.8 Å². The highest BCUT2D eigenvalue weighted by Crippen LogP contribution is 2.31. The van der Waals surface area contributed by atoms with Gasteiger partial charge in [-0.25, -0.2) is 4.79 Å². The molecule has 0 saturated heterocycles. The molecular formula is C11H11F3N2O3. The molecule has 19 heavy (non-hydrogen) atoms. The standard InChI is InChI=1S/C11H11F3N2O3/c1-15-5-9(17)16-8-3-2-6(11(12,13)14)4-7(8)10(18)19/h2-4,15H,5H2,1H3,(H,16,17)(H,18,19). The molecular weight excluding hydrogens is 265 g/mol. The number of benzene rings is 1. The molecule has 0 aromatic heterocycles. The molecule has 0 fully saturated rings. The van der Waals surface area contributed by atoms with Crippen LogP contribution in [-0.2, 0) is 11.0 Å². The molecule has 0 atom stereocenters. The lowest BCUT2D eigenvalue weighted by Gasteiger charge is -2.12. The number of anilines is 1. The molecule has 1 rings (SSSR count). The van der Waals surface area contributed by atoms with E-state index in [4.69, 9.17) is 5.11 Å². The first kappa shape index (κ1) is 15.0. The molecule has 3 N–H and O–H groups in total. The van der Waals surface area contributed by atoms with Crippen LogP contribution in [0, 0.1) is 0 Å². The summed E-state index contributed by atoms with van der Waals surface area (Å²) in [5.74, 6) is -2.10. The van der Waals surface area contributed by atoms with E-state index in [0.29, 0.717) is 12.1 Å². The molecule has 8 heteroatoms. The van der Waals surface area contributed by atoms with Gasteiger partial charge in [-0.3, -0.25) is 4.79 Å². The van der Waals surface area contributed by atoms with Crippen molar-refractivity contribution < 1.29 is 27.9 Å². The fraction of sp³-hybridized carbons (Fsp3) is 0.273. The van der Waals surface area contributed by atoms with E-state index >= 15 is 0 Å². The molecule has 1 amide bonds. The molecule has 0 saturated carbocycles. The number of carboxylic acid groups (broad SMARTS) is 1. The van der Waals surface area contributed by atoms with E-state index in [1.807, 2.05) is 0 Å². The Morgan fingerprint density at radius 1 is 1.32 bits per heavy atom. The van der Waals surface area contributed by atoms with Gasteiger partial charge in [-0.05, 0) is 25.2 Å². The summed E-state index contributed by atoms with van der Waals surface area (Å²) in [6, 6.07) is 2.11. The van der Waals surface area contributed by atoms with E-state index in [1.165, 1.54) is 7.05 Å². The number of alkyl halides is 3. The fourth-order valence-corrected chi connectivity index (χ4v) is 1.36. The van der Waals surface area contributed by atoms with Crippen molar-refractivity contribution in [2.45, 2.75) is 6.18 Å². The average molecular weight is 276 g/mol. The van der Waals surface area contributed by atoms with Gasteiger partial charge in [-0.1, -0.05) is 0 Å². The van der Waals surface area contributed by atoms with Crippen LogP contribution < -0.4 is 10.6 Å². The third kappa shape index (κ3) is 3.95. The van der Waals surface area contributed by atoms with E-state index in [0.717, 1.165) is 6.07 Å². The van der Waals surface area contributed by atoms with Crippen molar-refractivity contribution in [3.8, 4) is 0 Å². The highest BCUT2D eigenvalue weighted by molar-refractivity contribution is 6.01. The Balaban J connectivity index is 3.12. The fourth-order valence-electron chi connectivity index (χ4n) is 1.36. The normalized spacial score (nSPS) is 11.2. The molecule has 0 aliphatic rings. The highest BCUT2D eigenvalue weighted by atomic mass is 19.4. The van der Waals surface area contributed by atoms with E-state index in [2.05, 4.69) is 10.6 Å². The zero-order chi connectivity index (χ0) is 14.6. The molecule has 104 valence electrons. The van der Waals surface area contributed by atoms with Crippen LogP contribution in [0.15, 0.2) is 18.2 Å². The Kier molecular flexibility index (Phi) is 4.49. The molecule has 0 bridgehead atoms. The number of likely N-dealkylation sites (N-methyl/N-ethyl adjacent to an activating group) is 1. The van der Waals surface area contributed by atoms with Crippen LogP contribution in [-0.4, -0.2) is 30.6 Å². The van der Waals surface area contributed by atoms with Crippen LogP contribution in [0.3, 0.4) is 0 Å². The third-order valence-corrected chi connectivity index (χ3v) is 2.19. The summed E-state index contributed by atoms with van der Waals surface area (Å²) in [5, 5.41) is 13.6. The summed E-state index contributed by atoms with van der Waals surface area (Å²) in [4.78, 5) is 22.2. The molecule has 0 radical (unpaired) electrons. The number of rotatable bonds is 4. The second kappa shape index (κ2) is 5.70. The second-order valence-corrected chi connectivity index (χ2v) is 3.64. The van der Waals surface area contributed by atoms with Gasteiger partial charge in [0.2, 0.25) is 5.91 Å². The molecule has 0 spiro atoms. The minimum Gasteiger partial charge on any atom is -0.478 e. The molecule has 5 nitrogen and oxygen atoms in total. The van der Waals surface area contributed by atoms with E-state index in [-0.39, 0.29) is 12.2 Å². The summed E-state index contributed by atoms with van der Waals surface area (Å²) in [7, 11) is 1.50. The lowest BCUT2D eigenvalue weighted by molar-refractivity contribution is -0.137. The Morgan fingerprint density at radius 3 is 2.42 bits per heavy atom. The number of carbonyl (C=O) groups excluding carboxylic acids is 1. The van der Waals surface area contributed by atoms with Gasteiger partial charge in [-0.2, -0.15) is 13.2 Å². The maximum atomic E-state index is 12.5.